The fourth-order valence-corrected chi connectivity index (χ4v) is 2.37. The lowest BCUT2D eigenvalue weighted by Crippen LogP contribution is -2.37. The molecule has 1 fully saturated rings. The third-order valence-corrected chi connectivity index (χ3v) is 3.37. The highest BCUT2D eigenvalue weighted by molar-refractivity contribution is 6.05. The number of amides is 4. The fraction of sp³-hybridized carbons (Fsp3) is 0.438. The minimum atomic E-state index is -0.822. The second-order valence-corrected chi connectivity index (χ2v) is 5.71. The Morgan fingerprint density at radius 3 is 2.57 bits per heavy atom. The monoisotopic (exact) mass is 319 g/mol. The first kappa shape index (κ1) is 16.8. The largest absolute Gasteiger partial charge is 0.491 e. The number of imide groups is 1. The first-order valence-corrected chi connectivity index (χ1v) is 7.53. The molecule has 1 heterocycles. The molecule has 1 aliphatic rings. The van der Waals surface area contributed by atoms with Crippen molar-refractivity contribution in [2.75, 3.05) is 0 Å². The second-order valence-electron chi connectivity index (χ2n) is 5.71. The molecule has 0 aliphatic carbocycles. The molecule has 0 unspecified atom stereocenters. The minimum Gasteiger partial charge on any atom is -0.491 e. The molecular formula is C16H21N3O4. The number of nitrogens with one attached hydrogen (secondary N) is 3. The first-order chi connectivity index (χ1) is 10.9. The van der Waals surface area contributed by atoms with Crippen molar-refractivity contribution in [2.24, 2.45) is 0 Å². The number of urea groups is 1. The van der Waals surface area contributed by atoms with Gasteiger partial charge in [0.2, 0.25) is 5.91 Å². The summed E-state index contributed by atoms with van der Waals surface area (Å²) in [5.74, 6) is -0.0947. The molecule has 1 aromatic carbocycles. The van der Waals surface area contributed by atoms with Crippen molar-refractivity contribution in [1.29, 1.82) is 0 Å². The lowest BCUT2D eigenvalue weighted by molar-refractivity contribution is -0.126. The van der Waals surface area contributed by atoms with Crippen molar-refractivity contribution in [3.8, 4) is 5.75 Å². The Hall–Kier alpha value is -2.57. The summed E-state index contributed by atoms with van der Waals surface area (Å²) in [6.07, 6.45) is -0.0776. The van der Waals surface area contributed by atoms with Gasteiger partial charge in [-0.15, -0.1) is 0 Å². The maximum atomic E-state index is 12.1. The normalized spacial score (nSPS) is 18.3. The Labute approximate surface area is 134 Å². The van der Waals surface area contributed by atoms with Crippen LogP contribution in [0.3, 0.4) is 0 Å². The number of carbonyl (C=O) groups excluding carboxylic acids is 3. The quantitative estimate of drug-likeness (QED) is 0.688. The van der Waals surface area contributed by atoms with Gasteiger partial charge in [0.05, 0.1) is 18.6 Å². The van der Waals surface area contributed by atoms with Crippen LogP contribution in [0.4, 0.5) is 4.79 Å². The van der Waals surface area contributed by atoms with E-state index >= 15 is 0 Å². The summed E-state index contributed by atoms with van der Waals surface area (Å²) in [4.78, 5) is 34.6. The zero-order valence-electron chi connectivity index (χ0n) is 13.4. The van der Waals surface area contributed by atoms with Crippen LogP contribution in [0, 0.1) is 0 Å². The van der Waals surface area contributed by atoms with Gasteiger partial charge in [0.25, 0.3) is 5.91 Å². The van der Waals surface area contributed by atoms with E-state index in [1.165, 1.54) is 0 Å². The van der Waals surface area contributed by atoms with E-state index in [-0.39, 0.29) is 24.5 Å². The number of benzene rings is 1. The Bertz CT molecular complexity index is 615. The SMILES string of the molecule is CC(C)Oc1ccccc1[C@@H](C)NC(=O)C[C@@H]1NC(=O)NC1=O. The molecule has 0 radical (unpaired) electrons. The van der Waals surface area contributed by atoms with Gasteiger partial charge in [-0.05, 0) is 26.8 Å². The van der Waals surface area contributed by atoms with Gasteiger partial charge in [0.15, 0.2) is 0 Å². The highest BCUT2D eigenvalue weighted by Crippen LogP contribution is 2.25. The lowest BCUT2D eigenvalue weighted by atomic mass is 10.1. The zero-order valence-corrected chi connectivity index (χ0v) is 13.4. The van der Waals surface area contributed by atoms with Gasteiger partial charge in [0.1, 0.15) is 11.8 Å². The molecule has 124 valence electrons. The van der Waals surface area contributed by atoms with Crippen molar-refractivity contribution in [1.82, 2.24) is 16.0 Å². The van der Waals surface area contributed by atoms with Crippen molar-refractivity contribution in [3.05, 3.63) is 29.8 Å². The van der Waals surface area contributed by atoms with Crippen molar-refractivity contribution in [3.63, 3.8) is 0 Å². The van der Waals surface area contributed by atoms with E-state index in [4.69, 9.17) is 4.74 Å². The summed E-state index contributed by atoms with van der Waals surface area (Å²) >= 11 is 0. The van der Waals surface area contributed by atoms with Crippen LogP contribution in [0.2, 0.25) is 0 Å². The molecule has 7 heteroatoms. The van der Waals surface area contributed by atoms with Crippen molar-refractivity contribution >= 4 is 17.8 Å². The molecule has 23 heavy (non-hydrogen) atoms. The molecule has 4 amide bonds. The maximum Gasteiger partial charge on any atom is 0.322 e. The van der Waals surface area contributed by atoms with E-state index in [9.17, 15) is 14.4 Å². The van der Waals surface area contributed by atoms with Gasteiger partial charge < -0.3 is 15.4 Å². The summed E-state index contributed by atoms with van der Waals surface area (Å²) in [5, 5.41) is 7.32. The van der Waals surface area contributed by atoms with E-state index in [1.807, 2.05) is 45.0 Å². The topological polar surface area (TPSA) is 96.5 Å². The number of para-hydroxylation sites is 1. The molecule has 1 aliphatic heterocycles. The van der Waals surface area contributed by atoms with Crippen LogP contribution in [-0.4, -0.2) is 30.0 Å². The standard InChI is InChI=1S/C16H21N3O4/c1-9(2)23-13-7-5-4-6-11(13)10(3)17-14(20)8-12-15(21)19-16(22)18-12/h4-7,9-10,12H,8H2,1-3H3,(H,17,20)(H2,18,19,21,22)/t10-,12+/m1/s1. The van der Waals surface area contributed by atoms with Gasteiger partial charge in [-0.25, -0.2) is 4.79 Å². The summed E-state index contributed by atoms with van der Waals surface area (Å²) in [5.41, 5.74) is 0.856. The van der Waals surface area contributed by atoms with Crippen molar-refractivity contribution in [2.45, 2.75) is 45.4 Å². The number of hydrogen-bond acceptors (Lipinski definition) is 4. The van der Waals surface area contributed by atoms with Crippen LogP contribution in [0.15, 0.2) is 24.3 Å². The van der Waals surface area contributed by atoms with Crippen LogP contribution >= 0.6 is 0 Å². The Morgan fingerprint density at radius 1 is 1.26 bits per heavy atom. The molecule has 0 spiro atoms. The van der Waals surface area contributed by atoms with E-state index in [0.717, 1.165) is 5.56 Å². The predicted octanol–water partition coefficient (Wildman–Crippen LogP) is 1.25. The number of rotatable bonds is 6. The molecule has 2 atom stereocenters. The highest BCUT2D eigenvalue weighted by Gasteiger charge is 2.31. The van der Waals surface area contributed by atoms with Crippen LogP contribution in [-0.2, 0) is 9.59 Å². The summed E-state index contributed by atoms with van der Waals surface area (Å²) in [6, 6.07) is 5.80. The smallest absolute Gasteiger partial charge is 0.322 e. The summed E-state index contributed by atoms with van der Waals surface area (Å²) in [6.45, 7) is 5.70. The van der Waals surface area contributed by atoms with E-state index < -0.39 is 18.0 Å². The Balaban J connectivity index is 1.99. The minimum absolute atomic E-state index is 0.0245. The van der Waals surface area contributed by atoms with Crippen LogP contribution < -0.4 is 20.7 Å². The molecule has 0 bridgehead atoms. The average Bonchev–Trinajstić information content (AvgIpc) is 2.76. The Kier molecular flexibility index (Phi) is 5.20. The van der Waals surface area contributed by atoms with Crippen molar-refractivity contribution < 1.29 is 19.1 Å². The predicted molar refractivity (Wildman–Crippen MR) is 83.8 cm³/mol. The van der Waals surface area contributed by atoms with Gasteiger partial charge in [-0.1, -0.05) is 18.2 Å². The van der Waals surface area contributed by atoms with Gasteiger partial charge in [-0.2, -0.15) is 0 Å². The Morgan fingerprint density at radius 2 is 1.96 bits per heavy atom. The number of carbonyl (C=O) groups is 3. The molecule has 0 aromatic heterocycles. The first-order valence-electron chi connectivity index (χ1n) is 7.53. The lowest BCUT2D eigenvalue weighted by Gasteiger charge is -2.20. The van der Waals surface area contributed by atoms with Gasteiger partial charge in [-0.3, -0.25) is 14.9 Å². The van der Waals surface area contributed by atoms with E-state index in [2.05, 4.69) is 16.0 Å². The van der Waals surface area contributed by atoms with Crippen LogP contribution in [0.5, 0.6) is 5.75 Å². The van der Waals surface area contributed by atoms with Crippen LogP contribution in [0.1, 0.15) is 38.8 Å². The third-order valence-electron chi connectivity index (χ3n) is 3.37. The van der Waals surface area contributed by atoms with E-state index in [1.54, 1.807) is 0 Å². The molecular weight excluding hydrogens is 298 g/mol. The van der Waals surface area contributed by atoms with Gasteiger partial charge >= 0.3 is 6.03 Å². The third kappa shape index (κ3) is 4.45. The maximum absolute atomic E-state index is 12.1. The molecule has 1 saturated heterocycles. The zero-order chi connectivity index (χ0) is 17.0. The van der Waals surface area contributed by atoms with Gasteiger partial charge in [0, 0.05) is 5.56 Å². The molecule has 2 rings (SSSR count). The number of ether oxygens (including phenoxy) is 1. The van der Waals surface area contributed by atoms with Crippen LogP contribution in [0.25, 0.3) is 0 Å². The van der Waals surface area contributed by atoms with E-state index in [0.29, 0.717) is 5.75 Å². The summed E-state index contributed by atoms with van der Waals surface area (Å²) < 4.78 is 5.74. The fourth-order valence-electron chi connectivity index (χ4n) is 2.37. The molecule has 3 N–H and O–H groups in total. The molecule has 1 aromatic rings. The molecule has 7 nitrogen and oxygen atoms in total. The summed E-state index contributed by atoms with van der Waals surface area (Å²) in [7, 11) is 0. The number of hydrogen-bond donors (Lipinski definition) is 3. The second kappa shape index (κ2) is 7.13. The molecule has 0 saturated carbocycles. The average molecular weight is 319 g/mol. The highest BCUT2D eigenvalue weighted by atomic mass is 16.5.